The van der Waals surface area contributed by atoms with Crippen molar-refractivity contribution in [1.29, 1.82) is 0 Å². The second-order valence-corrected chi connectivity index (χ2v) is 7.73. The monoisotopic (exact) mass is 420 g/mol. The summed E-state index contributed by atoms with van der Waals surface area (Å²) in [7, 11) is 0. The number of hydrogen-bond acceptors (Lipinski definition) is 3. The molecule has 0 fully saturated rings. The molecule has 4 rings (SSSR count). The summed E-state index contributed by atoms with van der Waals surface area (Å²) in [5.74, 6) is -1.38. The lowest BCUT2D eigenvalue weighted by molar-refractivity contribution is -0.139. The topological polar surface area (TPSA) is 115 Å². The van der Waals surface area contributed by atoms with Crippen LogP contribution in [0.2, 0.25) is 0 Å². The summed E-state index contributed by atoms with van der Waals surface area (Å²) in [4.78, 5) is 41.5. The number of anilines is 1. The van der Waals surface area contributed by atoms with Gasteiger partial charge in [0, 0.05) is 35.2 Å². The van der Waals surface area contributed by atoms with E-state index in [1.807, 2.05) is 55.5 Å². The maximum absolute atomic E-state index is 12.7. The Morgan fingerprint density at radius 2 is 1.90 bits per heavy atom. The average molecular weight is 420 g/mol. The molecule has 0 spiro atoms. The van der Waals surface area contributed by atoms with E-state index in [9.17, 15) is 19.5 Å². The summed E-state index contributed by atoms with van der Waals surface area (Å²) >= 11 is 0. The number of carboxylic acid groups (broad SMARTS) is 1. The fourth-order valence-electron chi connectivity index (χ4n) is 4.12. The number of aromatic nitrogens is 1. The van der Waals surface area contributed by atoms with E-state index in [2.05, 4.69) is 15.6 Å². The second-order valence-electron chi connectivity index (χ2n) is 7.73. The van der Waals surface area contributed by atoms with Gasteiger partial charge in [-0.1, -0.05) is 36.4 Å². The first-order valence-corrected chi connectivity index (χ1v) is 10.2. The highest BCUT2D eigenvalue weighted by molar-refractivity contribution is 5.99. The molecule has 2 heterocycles. The van der Waals surface area contributed by atoms with Gasteiger partial charge in [-0.25, -0.2) is 9.59 Å². The molecule has 0 saturated heterocycles. The minimum absolute atomic E-state index is 0.00315. The number of carboxylic acids is 1. The van der Waals surface area contributed by atoms with Crippen molar-refractivity contribution in [3.05, 3.63) is 65.9 Å². The molecule has 0 unspecified atom stereocenters. The lowest BCUT2D eigenvalue weighted by Gasteiger charge is -2.23. The van der Waals surface area contributed by atoms with E-state index in [0.717, 1.165) is 34.1 Å². The van der Waals surface area contributed by atoms with Crippen LogP contribution in [-0.4, -0.2) is 46.6 Å². The van der Waals surface area contributed by atoms with Crippen LogP contribution in [0.25, 0.3) is 10.9 Å². The van der Waals surface area contributed by atoms with Gasteiger partial charge in [-0.05, 0) is 36.6 Å². The number of aliphatic carboxylic acids is 1. The van der Waals surface area contributed by atoms with Crippen LogP contribution < -0.4 is 15.5 Å². The highest BCUT2D eigenvalue weighted by Gasteiger charge is 2.30. The molecule has 1 aliphatic rings. The summed E-state index contributed by atoms with van der Waals surface area (Å²) in [5.41, 5.74) is 3.64. The quantitative estimate of drug-likeness (QED) is 0.490. The van der Waals surface area contributed by atoms with E-state index in [0.29, 0.717) is 0 Å². The van der Waals surface area contributed by atoms with Crippen molar-refractivity contribution in [2.45, 2.75) is 31.8 Å². The Hall–Kier alpha value is -3.81. The van der Waals surface area contributed by atoms with Crippen LogP contribution in [0.5, 0.6) is 0 Å². The molecule has 0 aliphatic carbocycles. The normalized spacial score (nSPS) is 16.0. The number of para-hydroxylation sites is 2. The molecule has 0 bridgehead atoms. The van der Waals surface area contributed by atoms with Gasteiger partial charge < -0.3 is 25.6 Å². The zero-order valence-electron chi connectivity index (χ0n) is 17.1. The Bertz CT molecular complexity index is 1140. The molecule has 4 N–H and O–H groups in total. The van der Waals surface area contributed by atoms with E-state index in [4.69, 9.17) is 0 Å². The van der Waals surface area contributed by atoms with Crippen LogP contribution in [0.4, 0.5) is 10.5 Å². The predicted molar refractivity (Wildman–Crippen MR) is 117 cm³/mol. The van der Waals surface area contributed by atoms with E-state index in [1.165, 1.54) is 0 Å². The van der Waals surface area contributed by atoms with Crippen LogP contribution in [0.1, 0.15) is 18.1 Å². The number of nitrogens with one attached hydrogen (secondary N) is 3. The molecule has 31 heavy (non-hydrogen) atoms. The molecular formula is C23H24N4O4. The maximum Gasteiger partial charge on any atom is 0.326 e. The molecular weight excluding hydrogens is 396 g/mol. The number of aromatic amines is 1. The zero-order valence-corrected chi connectivity index (χ0v) is 17.1. The third-order valence-electron chi connectivity index (χ3n) is 5.58. The Morgan fingerprint density at radius 3 is 2.71 bits per heavy atom. The molecule has 3 amide bonds. The first-order chi connectivity index (χ1) is 14.9. The zero-order chi connectivity index (χ0) is 22.0. The second kappa shape index (κ2) is 8.51. The minimum Gasteiger partial charge on any atom is -0.480 e. The average Bonchev–Trinajstić information content (AvgIpc) is 3.31. The highest BCUT2D eigenvalue weighted by atomic mass is 16.4. The van der Waals surface area contributed by atoms with Crippen molar-refractivity contribution >= 4 is 34.5 Å². The predicted octanol–water partition coefficient (Wildman–Crippen LogP) is 2.44. The number of carbonyl (C=O) groups excluding carboxylic acids is 2. The van der Waals surface area contributed by atoms with Gasteiger partial charge in [0.2, 0.25) is 5.91 Å². The fraction of sp³-hybridized carbons (Fsp3) is 0.261. The fourth-order valence-corrected chi connectivity index (χ4v) is 4.12. The van der Waals surface area contributed by atoms with Gasteiger partial charge in [0.1, 0.15) is 6.04 Å². The van der Waals surface area contributed by atoms with Gasteiger partial charge in [-0.2, -0.15) is 0 Å². The number of hydrogen-bond donors (Lipinski definition) is 4. The molecule has 3 aromatic rings. The number of H-pyrrole nitrogens is 1. The SMILES string of the molecule is C[C@@H]1Cc2ccccc2N1C(=O)CNC(=O)N[C@@H](Cc1c[nH]c2ccccc12)C(=O)O. The van der Waals surface area contributed by atoms with Crippen LogP contribution in [-0.2, 0) is 22.4 Å². The van der Waals surface area contributed by atoms with Gasteiger partial charge in [-0.15, -0.1) is 0 Å². The van der Waals surface area contributed by atoms with Crippen molar-refractivity contribution < 1.29 is 19.5 Å². The van der Waals surface area contributed by atoms with Gasteiger partial charge in [0.25, 0.3) is 0 Å². The van der Waals surface area contributed by atoms with Crippen molar-refractivity contribution in [2.75, 3.05) is 11.4 Å². The van der Waals surface area contributed by atoms with E-state index in [1.54, 1.807) is 11.1 Å². The molecule has 0 saturated carbocycles. The van der Waals surface area contributed by atoms with Crippen LogP contribution in [0.3, 0.4) is 0 Å². The van der Waals surface area contributed by atoms with Crippen molar-refractivity contribution in [2.24, 2.45) is 0 Å². The smallest absolute Gasteiger partial charge is 0.326 e. The summed E-state index contributed by atoms with van der Waals surface area (Å²) in [6.07, 6.45) is 2.63. The standard InChI is InChI=1S/C23H24N4O4/c1-14-10-15-6-2-5-9-20(15)27(14)21(28)13-25-23(31)26-19(22(29)30)11-16-12-24-18-8-4-3-7-17(16)18/h2-9,12,14,19,24H,10-11,13H2,1H3,(H,29,30)(H2,25,26,31)/t14-,19+/m1/s1. The minimum atomic E-state index is -1.14. The van der Waals surface area contributed by atoms with E-state index >= 15 is 0 Å². The summed E-state index contributed by atoms with van der Waals surface area (Å²) < 4.78 is 0. The Morgan fingerprint density at radius 1 is 1.16 bits per heavy atom. The Kier molecular flexibility index (Phi) is 5.62. The number of amides is 3. The first-order valence-electron chi connectivity index (χ1n) is 10.2. The maximum atomic E-state index is 12.7. The van der Waals surface area contributed by atoms with Gasteiger partial charge in [0.15, 0.2) is 0 Å². The number of urea groups is 1. The number of benzene rings is 2. The Balaban J connectivity index is 1.37. The van der Waals surface area contributed by atoms with Crippen molar-refractivity contribution in [1.82, 2.24) is 15.6 Å². The third-order valence-corrected chi connectivity index (χ3v) is 5.58. The van der Waals surface area contributed by atoms with Gasteiger partial charge in [-0.3, -0.25) is 4.79 Å². The summed E-state index contributed by atoms with van der Waals surface area (Å²) in [6, 6.07) is 13.4. The molecule has 1 aromatic heterocycles. The van der Waals surface area contributed by atoms with Crippen LogP contribution in [0.15, 0.2) is 54.7 Å². The molecule has 1 aliphatic heterocycles. The number of rotatable bonds is 6. The van der Waals surface area contributed by atoms with Gasteiger partial charge >= 0.3 is 12.0 Å². The lowest BCUT2D eigenvalue weighted by atomic mass is 10.1. The lowest BCUT2D eigenvalue weighted by Crippen LogP contribution is -2.50. The molecule has 160 valence electrons. The first kappa shape index (κ1) is 20.5. The summed E-state index contributed by atoms with van der Waals surface area (Å²) in [5, 5.41) is 15.4. The van der Waals surface area contributed by atoms with Crippen LogP contribution >= 0.6 is 0 Å². The molecule has 2 atom stereocenters. The van der Waals surface area contributed by atoms with Crippen molar-refractivity contribution in [3.63, 3.8) is 0 Å². The largest absolute Gasteiger partial charge is 0.480 e. The number of fused-ring (bicyclic) bond motifs is 2. The van der Waals surface area contributed by atoms with Crippen LogP contribution in [0, 0.1) is 0 Å². The molecule has 8 heteroatoms. The molecule has 2 aromatic carbocycles. The number of carbonyl (C=O) groups is 3. The number of nitrogens with zero attached hydrogens (tertiary/aromatic N) is 1. The van der Waals surface area contributed by atoms with Gasteiger partial charge in [0.05, 0.1) is 6.54 Å². The molecule has 0 radical (unpaired) electrons. The van der Waals surface area contributed by atoms with E-state index in [-0.39, 0.29) is 24.9 Å². The molecule has 8 nitrogen and oxygen atoms in total. The Labute approximate surface area is 179 Å². The van der Waals surface area contributed by atoms with Crippen molar-refractivity contribution in [3.8, 4) is 0 Å². The summed E-state index contributed by atoms with van der Waals surface area (Å²) in [6.45, 7) is 1.74. The van der Waals surface area contributed by atoms with E-state index < -0.39 is 18.0 Å². The third kappa shape index (κ3) is 4.23. The highest BCUT2D eigenvalue weighted by Crippen LogP contribution is 2.31.